The lowest BCUT2D eigenvalue weighted by molar-refractivity contribution is 0.0904. The zero-order chi connectivity index (χ0) is 29.6. The number of H-pyrrole nitrogens is 1. The third-order valence-electron chi connectivity index (χ3n) is 7.23. The van der Waals surface area contributed by atoms with Gasteiger partial charge in [-0.3, -0.25) is 9.89 Å². The van der Waals surface area contributed by atoms with Gasteiger partial charge >= 0.3 is 0 Å². The molecular formula is C31H36F2N6O2S. The van der Waals surface area contributed by atoms with Gasteiger partial charge in [0.1, 0.15) is 11.6 Å². The van der Waals surface area contributed by atoms with Crippen LogP contribution in [0.2, 0.25) is 0 Å². The number of rotatable bonds is 11. The molecule has 1 aliphatic heterocycles. The number of anilines is 3. The highest BCUT2D eigenvalue weighted by Gasteiger charge is 2.21. The van der Waals surface area contributed by atoms with E-state index in [1.807, 2.05) is 30.3 Å². The highest BCUT2D eigenvalue weighted by Crippen LogP contribution is 2.33. The maximum atomic E-state index is 13.7. The molecule has 0 saturated carbocycles. The lowest BCUT2D eigenvalue weighted by atomic mass is 10.1. The van der Waals surface area contributed by atoms with Gasteiger partial charge in [-0.1, -0.05) is 11.8 Å². The minimum atomic E-state index is -0.634. The second kappa shape index (κ2) is 13.5. The molecule has 3 N–H and O–H groups in total. The Morgan fingerprint density at radius 2 is 1.79 bits per heavy atom. The first kappa shape index (κ1) is 29.8. The zero-order valence-corrected chi connectivity index (χ0v) is 24.9. The molecule has 11 heteroatoms. The number of amides is 1. The van der Waals surface area contributed by atoms with E-state index in [9.17, 15) is 13.6 Å². The first-order valence-electron chi connectivity index (χ1n) is 14.1. The molecular weight excluding hydrogens is 558 g/mol. The fourth-order valence-corrected chi connectivity index (χ4v) is 5.88. The largest absolute Gasteiger partial charge is 0.381 e. The Hall–Kier alpha value is -3.67. The fraction of sp³-hybridized carbons (Fsp3) is 0.355. The molecule has 1 aliphatic rings. The molecule has 222 valence electrons. The van der Waals surface area contributed by atoms with Crippen LogP contribution in [-0.2, 0) is 4.74 Å². The fourth-order valence-electron chi connectivity index (χ4n) is 4.95. The van der Waals surface area contributed by atoms with Gasteiger partial charge < -0.3 is 25.2 Å². The minimum absolute atomic E-state index is 0.204. The molecule has 0 atom stereocenters. The van der Waals surface area contributed by atoms with E-state index in [2.05, 4.69) is 57.7 Å². The molecule has 8 nitrogen and oxygen atoms in total. The van der Waals surface area contributed by atoms with Gasteiger partial charge in [-0.25, -0.2) is 8.78 Å². The predicted molar refractivity (Wildman–Crippen MR) is 165 cm³/mol. The van der Waals surface area contributed by atoms with Gasteiger partial charge in [-0.2, -0.15) is 5.10 Å². The molecule has 4 aromatic rings. The number of fused-ring (bicyclic) bond motifs is 1. The molecule has 42 heavy (non-hydrogen) atoms. The summed E-state index contributed by atoms with van der Waals surface area (Å²) in [6.07, 6.45) is 1.73. The highest BCUT2D eigenvalue weighted by atomic mass is 32.2. The van der Waals surface area contributed by atoms with Gasteiger partial charge in [0.05, 0.1) is 11.1 Å². The lowest BCUT2D eigenvalue weighted by Crippen LogP contribution is -2.32. The Morgan fingerprint density at radius 1 is 1.02 bits per heavy atom. The van der Waals surface area contributed by atoms with Gasteiger partial charge in [-0.05, 0) is 82.4 Å². The van der Waals surface area contributed by atoms with Crippen molar-refractivity contribution in [3.8, 4) is 0 Å². The van der Waals surface area contributed by atoms with E-state index in [1.165, 1.54) is 23.9 Å². The number of nitrogens with zero attached hydrogens (tertiary/aromatic N) is 3. The van der Waals surface area contributed by atoms with Crippen molar-refractivity contribution in [3.63, 3.8) is 0 Å². The van der Waals surface area contributed by atoms with E-state index >= 15 is 0 Å². The summed E-state index contributed by atoms with van der Waals surface area (Å²) < 4.78 is 33.0. The number of nitrogens with one attached hydrogen (secondary N) is 3. The van der Waals surface area contributed by atoms with Crippen LogP contribution in [0.25, 0.3) is 10.9 Å². The smallest absolute Gasteiger partial charge is 0.258 e. The highest BCUT2D eigenvalue weighted by molar-refractivity contribution is 7.99. The average molecular weight is 595 g/mol. The Kier molecular flexibility index (Phi) is 9.61. The lowest BCUT2D eigenvalue weighted by Gasteiger charge is -2.28. The molecule has 5 rings (SSSR count). The summed E-state index contributed by atoms with van der Waals surface area (Å²) in [5, 5.41) is 14.6. The number of carbonyl (C=O) groups excluding carboxylic acids is 1. The first-order chi connectivity index (χ1) is 20.3. The van der Waals surface area contributed by atoms with Crippen LogP contribution in [0.4, 0.5) is 26.0 Å². The number of aromatic nitrogens is 2. The Balaban J connectivity index is 1.40. The Morgan fingerprint density at radius 3 is 2.50 bits per heavy atom. The van der Waals surface area contributed by atoms with Gasteiger partial charge in [0, 0.05) is 71.5 Å². The van der Waals surface area contributed by atoms with Crippen LogP contribution in [0.1, 0.15) is 30.1 Å². The van der Waals surface area contributed by atoms with E-state index in [-0.39, 0.29) is 11.9 Å². The summed E-state index contributed by atoms with van der Waals surface area (Å²) in [7, 11) is 4.11. The number of hydrogen-bond acceptors (Lipinski definition) is 7. The Labute approximate surface area is 248 Å². The molecule has 2 heterocycles. The van der Waals surface area contributed by atoms with Crippen molar-refractivity contribution in [2.75, 3.05) is 62.5 Å². The number of halogens is 2. The number of ether oxygens (including phenoxy) is 1. The summed E-state index contributed by atoms with van der Waals surface area (Å²) in [5.41, 5.74) is 3.07. The summed E-state index contributed by atoms with van der Waals surface area (Å²) in [6, 6.07) is 15.0. The second-order valence-electron chi connectivity index (χ2n) is 10.6. The maximum Gasteiger partial charge on any atom is 0.258 e. The molecule has 0 bridgehead atoms. The molecule has 1 amide bonds. The van der Waals surface area contributed by atoms with Crippen molar-refractivity contribution in [3.05, 3.63) is 71.8 Å². The molecule has 0 radical (unpaired) electrons. The summed E-state index contributed by atoms with van der Waals surface area (Å²) in [4.78, 5) is 19.3. The summed E-state index contributed by atoms with van der Waals surface area (Å²) in [6.45, 7) is 6.13. The van der Waals surface area contributed by atoms with Crippen LogP contribution >= 0.6 is 11.8 Å². The van der Waals surface area contributed by atoms with Crippen molar-refractivity contribution in [2.45, 2.75) is 35.6 Å². The van der Waals surface area contributed by atoms with E-state index in [1.54, 1.807) is 0 Å². The van der Waals surface area contributed by atoms with Crippen molar-refractivity contribution < 1.29 is 18.3 Å². The third-order valence-corrected chi connectivity index (χ3v) is 8.19. The summed E-state index contributed by atoms with van der Waals surface area (Å²) in [5.74, 6) is -1.17. The van der Waals surface area contributed by atoms with Gasteiger partial charge in [-0.15, -0.1) is 0 Å². The summed E-state index contributed by atoms with van der Waals surface area (Å²) >= 11 is 1.23. The predicted octanol–water partition coefficient (Wildman–Crippen LogP) is 6.22. The van der Waals surface area contributed by atoms with Gasteiger partial charge in [0.2, 0.25) is 0 Å². The van der Waals surface area contributed by atoms with E-state index < -0.39 is 11.6 Å². The normalized spacial score (nSPS) is 14.0. The van der Waals surface area contributed by atoms with Crippen LogP contribution in [0.3, 0.4) is 0 Å². The zero-order valence-electron chi connectivity index (χ0n) is 24.0. The number of likely N-dealkylation sites (N-methyl/N-ethyl adjacent to an activating group) is 2. The molecule has 3 aromatic carbocycles. The topological polar surface area (TPSA) is 85.5 Å². The monoisotopic (exact) mass is 594 g/mol. The molecule has 0 spiro atoms. The van der Waals surface area contributed by atoms with Crippen LogP contribution < -0.4 is 15.5 Å². The first-order valence-corrected chi connectivity index (χ1v) is 14.9. The molecule has 0 aliphatic carbocycles. The third kappa shape index (κ3) is 7.39. The number of aromatic amines is 1. The van der Waals surface area contributed by atoms with Crippen LogP contribution in [0.15, 0.2) is 64.4 Å². The number of hydrogen-bond donors (Lipinski definition) is 3. The van der Waals surface area contributed by atoms with Crippen LogP contribution in [-0.4, -0.2) is 74.0 Å². The number of benzene rings is 3. The van der Waals surface area contributed by atoms with E-state index in [0.717, 1.165) is 60.3 Å². The van der Waals surface area contributed by atoms with Crippen LogP contribution in [0.5, 0.6) is 0 Å². The molecule has 1 aromatic heterocycles. The standard InChI is InChI=1S/C31H36F2N6O2S/c1-4-39(12-11-38(2)3)23-5-7-26(29(18-23)34-22-9-13-41-14-10-22)31(40)35-30-27-19-24(6-8-28(27)36-37-30)42-25-16-20(32)15-21(33)17-25/h5-8,15-19,22,34H,4,9-14H2,1-3H3,(H2,35,36,37,40). The SMILES string of the molecule is CCN(CCN(C)C)c1ccc(C(=O)Nc2n[nH]c3ccc(Sc4cc(F)cc(F)c4)cc23)c(NC2CCOCC2)c1. The van der Waals surface area contributed by atoms with Crippen molar-refractivity contribution in [1.29, 1.82) is 0 Å². The number of carbonyl (C=O) groups is 1. The molecule has 1 fully saturated rings. The van der Waals surface area contributed by atoms with E-state index in [0.29, 0.717) is 34.9 Å². The quantitative estimate of drug-likeness (QED) is 0.190. The average Bonchev–Trinajstić information content (AvgIpc) is 3.35. The Bertz CT molecular complexity index is 1520. The minimum Gasteiger partial charge on any atom is -0.381 e. The van der Waals surface area contributed by atoms with Crippen molar-refractivity contribution in [2.24, 2.45) is 0 Å². The van der Waals surface area contributed by atoms with Crippen molar-refractivity contribution >= 4 is 45.8 Å². The van der Waals surface area contributed by atoms with Crippen molar-refractivity contribution in [1.82, 2.24) is 15.1 Å². The maximum absolute atomic E-state index is 13.7. The van der Waals surface area contributed by atoms with Crippen LogP contribution in [0, 0.1) is 11.6 Å². The van der Waals surface area contributed by atoms with Gasteiger partial charge in [0.15, 0.2) is 5.82 Å². The molecule has 1 saturated heterocycles. The second-order valence-corrected chi connectivity index (χ2v) is 11.7. The molecule has 0 unspecified atom stereocenters. The van der Waals surface area contributed by atoms with Gasteiger partial charge in [0.25, 0.3) is 5.91 Å². The van der Waals surface area contributed by atoms with E-state index in [4.69, 9.17) is 4.74 Å².